The number of thioether (sulfide) groups is 1. The summed E-state index contributed by atoms with van der Waals surface area (Å²) in [7, 11) is 0. The Kier molecular flexibility index (Phi) is 4.51. The highest BCUT2D eigenvalue weighted by Crippen LogP contribution is 2.54. The summed E-state index contributed by atoms with van der Waals surface area (Å²) < 4.78 is 0. The number of fused-ring (bicyclic) bond motifs is 2. The molecule has 2 heterocycles. The van der Waals surface area contributed by atoms with Gasteiger partial charge in [0.2, 0.25) is 4.99 Å². The quantitative estimate of drug-likeness (QED) is 0.404. The number of rotatable bonds is 3. The summed E-state index contributed by atoms with van der Waals surface area (Å²) in [6.07, 6.45) is 0. The van der Waals surface area contributed by atoms with Crippen LogP contribution in [0.15, 0.2) is 89.1 Å². The number of nitrogens with zero attached hydrogens (tertiary/aromatic N) is 5. The summed E-state index contributed by atoms with van der Waals surface area (Å²) in [5.41, 5.74) is 4.76. The lowest BCUT2D eigenvalue weighted by Crippen LogP contribution is -2.53. The Balaban J connectivity index is 1.75. The molecule has 2 aliphatic rings. The van der Waals surface area contributed by atoms with E-state index in [9.17, 15) is 10.1 Å². The van der Waals surface area contributed by atoms with Crippen molar-refractivity contribution in [3.63, 3.8) is 0 Å². The van der Waals surface area contributed by atoms with E-state index in [2.05, 4.69) is 12.1 Å². The van der Waals surface area contributed by atoms with E-state index in [1.54, 1.807) is 23.9 Å². The van der Waals surface area contributed by atoms with Crippen LogP contribution >= 0.6 is 11.8 Å². The van der Waals surface area contributed by atoms with Crippen LogP contribution < -0.4 is 10.0 Å². The molecule has 0 aromatic heterocycles. The first-order chi connectivity index (χ1) is 15.0. The number of nitro groups is 1. The number of benzene rings is 3. The molecule has 31 heavy (non-hydrogen) atoms. The highest BCUT2D eigenvalue weighted by atomic mass is 32.2. The van der Waals surface area contributed by atoms with Gasteiger partial charge in [-0.25, -0.2) is 10.0 Å². The fourth-order valence-electron chi connectivity index (χ4n) is 4.00. The Morgan fingerprint density at radius 2 is 1.45 bits per heavy atom. The topological polar surface area (TPSA) is 74.3 Å². The molecule has 0 saturated carbocycles. The van der Waals surface area contributed by atoms with E-state index in [0.717, 1.165) is 33.3 Å². The van der Waals surface area contributed by atoms with Gasteiger partial charge in [0.05, 0.1) is 27.1 Å². The molecular weight excluding hydrogens is 410 g/mol. The summed E-state index contributed by atoms with van der Waals surface area (Å²) in [6, 6.07) is 24.7. The molecule has 3 aromatic rings. The van der Waals surface area contributed by atoms with Crippen LogP contribution in [0.5, 0.6) is 0 Å². The SMILES string of the molecule is CC1=NN(c2ccc([N+](=O)[O-])cc2)[C@]2(S1)c1ccccc1C(C)=NN2c1ccccc1. The van der Waals surface area contributed by atoms with Crippen molar-refractivity contribution in [3.8, 4) is 0 Å². The molecule has 0 aliphatic carbocycles. The predicted molar refractivity (Wildman–Crippen MR) is 126 cm³/mol. The van der Waals surface area contributed by atoms with Gasteiger partial charge < -0.3 is 0 Å². The van der Waals surface area contributed by atoms with Gasteiger partial charge in [-0.05, 0) is 38.1 Å². The zero-order valence-corrected chi connectivity index (χ0v) is 17.8. The van der Waals surface area contributed by atoms with Crippen LogP contribution in [-0.4, -0.2) is 15.7 Å². The summed E-state index contributed by atoms with van der Waals surface area (Å²) in [5, 5.41) is 25.8. The van der Waals surface area contributed by atoms with Gasteiger partial charge in [0.25, 0.3) is 5.69 Å². The van der Waals surface area contributed by atoms with Gasteiger partial charge >= 0.3 is 0 Å². The average Bonchev–Trinajstić information content (AvgIpc) is 3.14. The third-order valence-corrected chi connectivity index (χ3v) is 6.56. The number of anilines is 2. The van der Waals surface area contributed by atoms with E-state index in [4.69, 9.17) is 10.2 Å². The lowest BCUT2D eigenvalue weighted by atomic mass is 9.98. The minimum atomic E-state index is -0.794. The summed E-state index contributed by atoms with van der Waals surface area (Å²) in [4.78, 5) is 9.96. The van der Waals surface area contributed by atoms with E-state index >= 15 is 0 Å². The molecule has 5 rings (SSSR count). The van der Waals surface area contributed by atoms with Crippen LogP contribution in [0.2, 0.25) is 0 Å². The molecule has 0 bridgehead atoms. The van der Waals surface area contributed by atoms with Crippen molar-refractivity contribution in [2.45, 2.75) is 18.8 Å². The summed E-state index contributed by atoms with van der Waals surface area (Å²) >= 11 is 1.61. The van der Waals surface area contributed by atoms with Gasteiger partial charge in [0.15, 0.2) is 0 Å². The molecule has 154 valence electrons. The smallest absolute Gasteiger partial charge is 0.258 e. The van der Waals surface area contributed by atoms with Gasteiger partial charge in [-0.2, -0.15) is 10.2 Å². The van der Waals surface area contributed by atoms with Gasteiger partial charge in [0.1, 0.15) is 0 Å². The van der Waals surface area contributed by atoms with Crippen LogP contribution in [0, 0.1) is 10.1 Å². The molecule has 0 radical (unpaired) electrons. The zero-order valence-electron chi connectivity index (χ0n) is 17.0. The largest absolute Gasteiger partial charge is 0.269 e. The van der Waals surface area contributed by atoms with Crippen molar-refractivity contribution in [2.24, 2.45) is 10.2 Å². The molecule has 8 heteroatoms. The maximum atomic E-state index is 11.2. The third-order valence-electron chi connectivity index (χ3n) is 5.33. The second-order valence-electron chi connectivity index (χ2n) is 7.29. The lowest BCUT2D eigenvalue weighted by Gasteiger charge is -2.46. The van der Waals surface area contributed by atoms with Gasteiger partial charge in [-0.3, -0.25) is 10.1 Å². The molecule has 0 unspecified atom stereocenters. The van der Waals surface area contributed by atoms with Crippen LogP contribution in [0.25, 0.3) is 0 Å². The molecule has 0 amide bonds. The second-order valence-corrected chi connectivity index (χ2v) is 8.66. The van der Waals surface area contributed by atoms with Crippen LogP contribution in [0.4, 0.5) is 17.1 Å². The van der Waals surface area contributed by atoms with Crippen molar-refractivity contribution < 1.29 is 4.92 Å². The van der Waals surface area contributed by atoms with E-state index in [0.29, 0.717) is 0 Å². The van der Waals surface area contributed by atoms with Gasteiger partial charge in [-0.1, -0.05) is 54.2 Å². The Hall–Kier alpha value is -3.65. The standard InChI is InChI=1S/C23H19N5O2S/c1-16-21-10-6-7-11-22(21)23(26(24-16)18-8-4-3-5-9-18)27(25-17(2)31-23)19-12-14-20(15-13-19)28(29)30/h3-15H,1-2H3/t23-/m0/s1. The van der Waals surface area contributed by atoms with Crippen molar-refractivity contribution in [2.75, 3.05) is 10.0 Å². The van der Waals surface area contributed by atoms with E-state index < -0.39 is 9.92 Å². The highest BCUT2D eigenvalue weighted by Gasteiger charge is 2.54. The third kappa shape index (κ3) is 2.98. The van der Waals surface area contributed by atoms with Crippen molar-refractivity contribution in [1.29, 1.82) is 0 Å². The van der Waals surface area contributed by atoms with Gasteiger partial charge in [0, 0.05) is 23.3 Å². The fraction of sp³-hybridized carbons (Fsp3) is 0.130. The molecule has 3 aromatic carbocycles. The number of para-hydroxylation sites is 1. The molecule has 2 aliphatic heterocycles. The van der Waals surface area contributed by atoms with Crippen LogP contribution in [0.1, 0.15) is 25.0 Å². The van der Waals surface area contributed by atoms with Gasteiger partial charge in [-0.15, -0.1) is 0 Å². The van der Waals surface area contributed by atoms with Crippen molar-refractivity contribution in [3.05, 3.63) is 100 Å². The molecule has 0 saturated heterocycles. The first kappa shape index (κ1) is 19.3. The molecule has 1 atom stereocenters. The van der Waals surface area contributed by atoms with Crippen LogP contribution in [0.3, 0.4) is 0 Å². The lowest BCUT2D eigenvalue weighted by molar-refractivity contribution is -0.384. The molecule has 7 nitrogen and oxygen atoms in total. The molecule has 0 N–H and O–H groups in total. The Morgan fingerprint density at radius 3 is 2.16 bits per heavy atom. The fourth-order valence-corrected chi connectivity index (χ4v) is 5.29. The molecule has 0 fully saturated rings. The maximum Gasteiger partial charge on any atom is 0.269 e. The predicted octanol–water partition coefficient (Wildman–Crippen LogP) is 5.54. The van der Waals surface area contributed by atoms with Crippen molar-refractivity contribution in [1.82, 2.24) is 0 Å². The van der Waals surface area contributed by atoms with E-state index in [1.165, 1.54) is 12.1 Å². The van der Waals surface area contributed by atoms with E-state index in [-0.39, 0.29) is 5.69 Å². The first-order valence-corrected chi connectivity index (χ1v) is 10.6. The molecular formula is C23H19N5O2S. The number of nitro benzene ring substituents is 1. The minimum Gasteiger partial charge on any atom is -0.258 e. The second kappa shape index (κ2) is 7.24. The Bertz CT molecular complexity index is 1230. The number of hydrogen-bond donors (Lipinski definition) is 0. The first-order valence-electron chi connectivity index (χ1n) is 9.80. The number of hydrogen-bond acceptors (Lipinski definition) is 7. The van der Waals surface area contributed by atoms with E-state index in [1.807, 2.05) is 66.3 Å². The summed E-state index contributed by atoms with van der Waals surface area (Å²) in [6.45, 7) is 3.97. The monoisotopic (exact) mass is 429 g/mol. The van der Waals surface area contributed by atoms with Crippen molar-refractivity contribution >= 4 is 39.6 Å². The minimum absolute atomic E-state index is 0.0446. The Morgan fingerprint density at radius 1 is 0.839 bits per heavy atom. The normalized spacial score (nSPS) is 19.8. The number of non-ortho nitro benzene ring substituents is 1. The maximum absolute atomic E-state index is 11.2. The average molecular weight is 430 g/mol. The molecule has 1 spiro atoms. The number of hydrazone groups is 2. The highest BCUT2D eigenvalue weighted by molar-refractivity contribution is 8.15. The summed E-state index contributed by atoms with van der Waals surface area (Å²) in [5.74, 6) is 0. The zero-order chi connectivity index (χ0) is 21.6. The van der Waals surface area contributed by atoms with Crippen LogP contribution in [-0.2, 0) is 4.99 Å². The Labute approximate surface area is 183 Å².